The summed E-state index contributed by atoms with van der Waals surface area (Å²) in [5.74, 6) is 8.32. The van der Waals surface area contributed by atoms with Crippen LogP contribution in [0.1, 0.15) is 44.3 Å². The van der Waals surface area contributed by atoms with E-state index in [1.165, 1.54) is 12.8 Å². The van der Waals surface area contributed by atoms with Gasteiger partial charge in [-0.05, 0) is 19.3 Å². The summed E-state index contributed by atoms with van der Waals surface area (Å²) < 4.78 is 5.23. The maximum atomic E-state index is 5.46. The zero-order chi connectivity index (χ0) is 13.7. The lowest BCUT2D eigenvalue weighted by atomic mass is 10.2. The van der Waals surface area contributed by atoms with Crippen LogP contribution in [0.5, 0.6) is 0 Å². The number of ether oxygens (including phenoxy) is 1. The van der Waals surface area contributed by atoms with Crippen LogP contribution in [0, 0.1) is 0 Å². The number of hydrazine groups is 1. The average molecular weight is 265 g/mol. The normalized spacial score (nSPS) is 16.2. The van der Waals surface area contributed by atoms with Crippen molar-refractivity contribution in [2.75, 3.05) is 24.5 Å². The molecule has 1 aliphatic carbocycles. The third kappa shape index (κ3) is 4.04. The SMILES string of the molecule is CCCC(COC)Nc1cc(NN)nc(C2CC2)n1. The highest BCUT2D eigenvalue weighted by molar-refractivity contribution is 5.48. The summed E-state index contributed by atoms with van der Waals surface area (Å²) in [5.41, 5.74) is 2.61. The van der Waals surface area contributed by atoms with Crippen LogP contribution in [0.4, 0.5) is 11.6 Å². The summed E-state index contributed by atoms with van der Waals surface area (Å²) in [5, 5.41) is 3.41. The second-order valence-corrected chi connectivity index (χ2v) is 5.00. The zero-order valence-electron chi connectivity index (χ0n) is 11.6. The number of rotatable bonds is 8. The molecule has 1 aromatic heterocycles. The molecule has 6 heteroatoms. The van der Waals surface area contributed by atoms with Gasteiger partial charge in [0.2, 0.25) is 0 Å². The van der Waals surface area contributed by atoms with Crippen LogP contribution in [0.3, 0.4) is 0 Å². The van der Waals surface area contributed by atoms with Gasteiger partial charge in [-0.1, -0.05) is 13.3 Å². The van der Waals surface area contributed by atoms with Crippen LogP contribution in [0.2, 0.25) is 0 Å². The summed E-state index contributed by atoms with van der Waals surface area (Å²) in [4.78, 5) is 8.97. The lowest BCUT2D eigenvalue weighted by Gasteiger charge is -2.18. The highest BCUT2D eigenvalue weighted by Crippen LogP contribution is 2.38. The Hall–Kier alpha value is -1.40. The van der Waals surface area contributed by atoms with Gasteiger partial charge in [-0.15, -0.1) is 0 Å². The molecule has 1 saturated carbocycles. The Morgan fingerprint density at radius 3 is 2.74 bits per heavy atom. The Kier molecular flexibility index (Phi) is 4.93. The monoisotopic (exact) mass is 265 g/mol. The van der Waals surface area contributed by atoms with E-state index in [2.05, 4.69) is 27.6 Å². The minimum Gasteiger partial charge on any atom is -0.383 e. The first kappa shape index (κ1) is 14.0. The Balaban J connectivity index is 2.10. The van der Waals surface area contributed by atoms with Gasteiger partial charge in [0.05, 0.1) is 12.6 Å². The van der Waals surface area contributed by atoms with E-state index in [0.717, 1.165) is 24.5 Å². The molecule has 0 aromatic carbocycles. The molecule has 0 saturated heterocycles. The van der Waals surface area contributed by atoms with Crippen molar-refractivity contribution in [1.82, 2.24) is 9.97 Å². The van der Waals surface area contributed by atoms with E-state index in [0.29, 0.717) is 18.3 Å². The van der Waals surface area contributed by atoms with Crippen LogP contribution >= 0.6 is 0 Å². The van der Waals surface area contributed by atoms with Gasteiger partial charge in [0.1, 0.15) is 17.5 Å². The van der Waals surface area contributed by atoms with E-state index >= 15 is 0 Å². The molecule has 0 radical (unpaired) electrons. The Morgan fingerprint density at radius 1 is 1.42 bits per heavy atom. The number of hydrogen-bond donors (Lipinski definition) is 3. The van der Waals surface area contributed by atoms with Crippen molar-refractivity contribution in [3.05, 3.63) is 11.9 Å². The van der Waals surface area contributed by atoms with Gasteiger partial charge in [0, 0.05) is 19.1 Å². The first-order valence-corrected chi connectivity index (χ1v) is 6.87. The molecule has 106 valence electrons. The fourth-order valence-corrected chi connectivity index (χ4v) is 2.09. The molecule has 1 aromatic rings. The molecule has 0 amide bonds. The molecular formula is C13H23N5O. The maximum Gasteiger partial charge on any atom is 0.145 e. The molecule has 1 atom stereocenters. The number of hydrogen-bond acceptors (Lipinski definition) is 6. The van der Waals surface area contributed by atoms with Gasteiger partial charge in [-0.2, -0.15) is 0 Å². The Labute approximate surface area is 114 Å². The minimum atomic E-state index is 0.266. The van der Waals surface area contributed by atoms with Crippen molar-refractivity contribution in [3.63, 3.8) is 0 Å². The molecule has 2 rings (SSSR count). The zero-order valence-corrected chi connectivity index (χ0v) is 11.6. The van der Waals surface area contributed by atoms with Crippen LogP contribution in [-0.4, -0.2) is 29.7 Å². The molecule has 4 N–H and O–H groups in total. The molecule has 1 unspecified atom stereocenters. The summed E-state index contributed by atoms with van der Waals surface area (Å²) in [7, 11) is 1.72. The maximum absolute atomic E-state index is 5.46. The molecule has 1 fully saturated rings. The van der Waals surface area contributed by atoms with Crippen molar-refractivity contribution in [3.8, 4) is 0 Å². The van der Waals surface area contributed by atoms with Gasteiger partial charge < -0.3 is 15.5 Å². The summed E-state index contributed by atoms with van der Waals surface area (Å²) in [6, 6.07) is 2.10. The van der Waals surface area contributed by atoms with Crippen molar-refractivity contribution in [2.45, 2.75) is 44.6 Å². The van der Waals surface area contributed by atoms with Crippen molar-refractivity contribution in [2.24, 2.45) is 5.84 Å². The number of nitrogens with two attached hydrogens (primary N) is 1. The van der Waals surface area contributed by atoms with Crippen LogP contribution in [0.25, 0.3) is 0 Å². The first-order chi connectivity index (χ1) is 9.26. The number of nitrogen functional groups attached to an aromatic ring is 1. The lowest BCUT2D eigenvalue weighted by molar-refractivity contribution is 0.182. The molecular weight excluding hydrogens is 242 g/mol. The summed E-state index contributed by atoms with van der Waals surface area (Å²) in [6.45, 7) is 2.83. The van der Waals surface area contributed by atoms with Gasteiger partial charge in [0.25, 0.3) is 0 Å². The number of methoxy groups -OCH3 is 1. The molecule has 19 heavy (non-hydrogen) atoms. The predicted octanol–water partition coefficient (Wildman–Crippen LogP) is 1.87. The van der Waals surface area contributed by atoms with Crippen molar-refractivity contribution < 1.29 is 4.74 Å². The average Bonchev–Trinajstić information content (AvgIpc) is 3.23. The molecule has 0 bridgehead atoms. The number of nitrogens with one attached hydrogen (secondary N) is 2. The van der Waals surface area contributed by atoms with Crippen LogP contribution < -0.4 is 16.6 Å². The van der Waals surface area contributed by atoms with E-state index < -0.39 is 0 Å². The van der Waals surface area contributed by atoms with Crippen LogP contribution in [0.15, 0.2) is 6.07 Å². The number of nitrogens with zero attached hydrogens (tertiary/aromatic N) is 2. The highest BCUT2D eigenvalue weighted by Gasteiger charge is 2.27. The Bertz CT molecular complexity index is 402. The van der Waals surface area contributed by atoms with Crippen molar-refractivity contribution in [1.29, 1.82) is 0 Å². The smallest absolute Gasteiger partial charge is 0.145 e. The van der Waals surface area contributed by atoms with E-state index in [4.69, 9.17) is 10.6 Å². The second kappa shape index (κ2) is 6.68. The molecule has 0 aliphatic heterocycles. The molecule has 0 spiro atoms. The molecule has 1 heterocycles. The Morgan fingerprint density at radius 2 is 2.16 bits per heavy atom. The van der Waals surface area contributed by atoms with Gasteiger partial charge in [0.15, 0.2) is 0 Å². The highest BCUT2D eigenvalue weighted by atomic mass is 16.5. The van der Waals surface area contributed by atoms with Gasteiger partial charge in [-0.25, -0.2) is 15.8 Å². The van der Waals surface area contributed by atoms with Crippen molar-refractivity contribution >= 4 is 11.6 Å². The number of anilines is 2. The van der Waals surface area contributed by atoms with Gasteiger partial charge in [-0.3, -0.25) is 0 Å². The standard InChI is InChI=1S/C13H23N5O/c1-3-4-10(8-19-2)15-11-7-12(18-14)17-13(16-11)9-5-6-9/h7,9-10H,3-6,8,14H2,1-2H3,(H2,15,16,17,18). The first-order valence-electron chi connectivity index (χ1n) is 6.87. The minimum absolute atomic E-state index is 0.266. The fraction of sp³-hybridized carbons (Fsp3) is 0.692. The largest absolute Gasteiger partial charge is 0.383 e. The van der Waals surface area contributed by atoms with E-state index in [-0.39, 0.29) is 6.04 Å². The van der Waals surface area contributed by atoms with E-state index in [1.54, 1.807) is 7.11 Å². The molecule has 6 nitrogen and oxygen atoms in total. The third-order valence-electron chi connectivity index (χ3n) is 3.19. The number of aromatic nitrogens is 2. The fourth-order valence-electron chi connectivity index (χ4n) is 2.09. The quantitative estimate of drug-likeness (QED) is 0.491. The van der Waals surface area contributed by atoms with Gasteiger partial charge >= 0.3 is 0 Å². The summed E-state index contributed by atoms with van der Waals surface area (Å²) in [6.07, 6.45) is 4.49. The van der Waals surface area contributed by atoms with E-state index in [9.17, 15) is 0 Å². The summed E-state index contributed by atoms with van der Waals surface area (Å²) >= 11 is 0. The van der Waals surface area contributed by atoms with Crippen LogP contribution in [-0.2, 0) is 4.74 Å². The molecule has 1 aliphatic rings. The second-order valence-electron chi connectivity index (χ2n) is 5.00. The van der Waals surface area contributed by atoms with E-state index in [1.807, 2.05) is 6.07 Å². The lowest BCUT2D eigenvalue weighted by Crippen LogP contribution is -2.25. The predicted molar refractivity (Wildman–Crippen MR) is 76.0 cm³/mol. The topological polar surface area (TPSA) is 85.1 Å². The third-order valence-corrected chi connectivity index (χ3v) is 3.19.